The molecule has 0 saturated carbocycles. The lowest BCUT2D eigenvalue weighted by atomic mass is 10.1. The van der Waals surface area contributed by atoms with Gasteiger partial charge in [-0.3, -0.25) is 0 Å². The molecule has 0 heterocycles. The van der Waals surface area contributed by atoms with Gasteiger partial charge in [-0.15, -0.1) is 0 Å². The van der Waals surface area contributed by atoms with E-state index in [0.29, 0.717) is 21.2 Å². The molecule has 90 valence electrons. The lowest BCUT2D eigenvalue weighted by Crippen LogP contribution is -1.98. The van der Waals surface area contributed by atoms with Gasteiger partial charge in [0.2, 0.25) is 5.75 Å². The third-order valence-electron chi connectivity index (χ3n) is 2.41. The monoisotopic (exact) mass is 336 g/mol. The van der Waals surface area contributed by atoms with Crippen LogP contribution in [0.1, 0.15) is 22.8 Å². The van der Waals surface area contributed by atoms with Gasteiger partial charge < -0.3 is 14.2 Å². The van der Waals surface area contributed by atoms with Crippen molar-refractivity contribution in [3.05, 3.63) is 17.7 Å². The highest BCUT2D eigenvalue weighted by Gasteiger charge is 2.15. The third kappa shape index (κ3) is 2.72. The molecule has 16 heavy (non-hydrogen) atoms. The number of methoxy groups -OCH3 is 3. The van der Waals surface area contributed by atoms with Crippen molar-refractivity contribution in [1.29, 1.82) is 0 Å². The van der Waals surface area contributed by atoms with Crippen molar-refractivity contribution >= 4 is 22.6 Å². The summed E-state index contributed by atoms with van der Waals surface area (Å²) in [5.74, 6) is 2.08. The Labute approximate surface area is 110 Å². The summed E-state index contributed by atoms with van der Waals surface area (Å²) in [6.45, 7) is 2.15. The van der Waals surface area contributed by atoms with Gasteiger partial charge in [0.1, 0.15) is 0 Å². The second-order valence-electron chi connectivity index (χ2n) is 3.33. The van der Waals surface area contributed by atoms with E-state index in [1.54, 1.807) is 21.3 Å². The number of rotatable bonds is 5. The van der Waals surface area contributed by atoms with Gasteiger partial charge in [0.05, 0.1) is 21.3 Å². The van der Waals surface area contributed by atoms with Crippen molar-refractivity contribution < 1.29 is 14.2 Å². The first-order valence-electron chi connectivity index (χ1n) is 5.11. The van der Waals surface area contributed by atoms with E-state index in [1.165, 1.54) is 5.56 Å². The Morgan fingerprint density at radius 2 is 1.56 bits per heavy atom. The molecule has 0 N–H and O–H groups in total. The standard InChI is InChI=1S/C12H17IO3/c1-5-9(13)8-6-10(14-2)12(16-4)11(7-8)15-3/h6-7,9H,5H2,1-4H3/t9-/m0/s1. The molecule has 0 aliphatic heterocycles. The zero-order valence-electron chi connectivity index (χ0n) is 10.0. The summed E-state index contributed by atoms with van der Waals surface area (Å²) in [5, 5.41) is 0. The Bertz CT molecular complexity index is 327. The van der Waals surface area contributed by atoms with E-state index in [1.807, 2.05) is 12.1 Å². The zero-order valence-corrected chi connectivity index (χ0v) is 12.2. The fraction of sp³-hybridized carbons (Fsp3) is 0.500. The number of benzene rings is 1. The fourth-order valence-electron chi connectivity index (χ4n) is 1.52. The van der Waals surface area contributed by atoms with E-state index in [9.17, 15) is 0 Å². The molecule has 0 saturated heterocycles. The van der Waals surface area contributed by atoms with Gasteiger partial charge >= 0.3 is 0 Å². The Morgan fingerprint density at radius 3 is 1.88 bits per heavy atom. The lowest BCUT2D eigenvalue weighted by molar-refractivity contribution is 0.324. The van der Waals surface area contributed by atoms with Crippen LogP contribution >= 0.6 is 22.6 Å². The van der Waals surface area contributed by atoms with Crippen LogP contribution in [0.4, 0.5) is 0 Å². The Morgan fingerprint density at radius 1 is 1.06 bits per heavy atom. The van der Waals surface area contributed by atoms with Crippen molar-refractivity contribution in [2.45, 2.75) is 17.3 Å². The molecule has 0 aromatic heterocycles. The molecular formula is C12H17IO3. The quantitative estimate of drug-likeness (QED) is 0.607. The molecule has 0 aliphatic rings. The summed E-state index contributed by atoms with van der Waals surface area (Å²) < 4.78 is 16.3. The number of hydrogen-bond donors (Lipinski definition) is 0. The first-order valence-corrected chi connectivity index (χ1v) is 6.36. The van der Waals surface area contributed by atoms with E-state index in [-0.39, 0.29) is 0 Å². The van der Waals surface area contributed by atoms with E-state index in [0.717, 1.165) is 6.42 Å². The minimum Gasteiger partial charge on any atom is -0.493 e. The van der Waals surface area contributed by atoms with Gasteiger partial charge in [-0.05, 0) is 24.1 Å². The average Bonchev–Trinajstić information content (AvgIpc) is 2.35. The second kappa shape index (κ2) is 6.18. The van der Waals surface area contributed by atoms with Crippen molar-refractivity contribution in [1.82, 2.24) is 0 Å². The molecule has 1 aromatic rings. The van der Waals surface area contributed by atoms with Crippen LogP contribution < -0.4 is 14.2 Å². The average molecular weight is 336 g/mol. The summed E-state index contributed by atoms with van der Waals surface area (Å²) in [6, 6.07) is 4.00. The maximum absolute atomic E-state index is 5.31. The molecule has 3 nitrogen and oxygen atoms in total. The van der Waals surface area contributed by atoms with Crippen molar-refractivity contribution in [3.8, 4) is 17.2 Å². The Balaban J connectivity index is 3.25. The van der Waals surface area contributed by atoms with Crippen LogP contribution in [-0.2, 0) is 0 Å². The highest BCUT2D eigenvalue weighted by atomic mass is 127. The maximum Gasteiger partial charge on any atom is 0.203 e. The smallest absolute Gasteiger partial charge is 0.203 e. The fourth-order valence-corrected chi connectivity index (χ4v) is 1.88. The van der Waals surface area contributed by atoms with Crippen LogP contribution in [-0.4, -0.2) is 21.3 Å². The maximum atomic E-state index is 5.31. The molecular weight excluding hydrogens is 319 g/mol. The van der Waals surface area contributed by atoms with E-state index >= 15 is 0 Å². The number of hydrogen-bond acceptors (Lipinski definition) is 3. The highest BCUT2D eigenvalue weighted by Crippen LogP contribution is 2.41. The van der Waals surface area contributed by atoms with Gasteiger partial charge in [-0.2, -0.15) is 0 Å². The van der Waals surface area contributed by atoms with E-state index < -0.39 is 0 Å². The minimum absolute atomic E-state index is 0.450. The van der Waals surface area contributed by atoms with Crippen molar-refractivity contribution in [3.63, 3.8) is 0 Å². The van der Waals surface area contributed by atoms with Crippen LogP contribution in [0.5, 0.6) is 17.2 Å². The lowest BCUT2D eigenvalue weighted by Gasteiger charge is -2.16. The molecule has 0 unspecified atom stereocenters. The van der Waals surface area contributed by atoms with Gasteiger partial charge in [0, 0.05) is 3.92 Å². The Kier molecular flexibility index (Phi) is 5.18. The van der Waals surface area contributed by atoms with Gasteiger partial charge in [0.25, 0.3) is 0 Å². The third-order valence-corrected chi connectivity index (χ3v) is 4.01. The molecule has 0 aliphatic carbocycles. The molecule has 0 spiro atoms. The highest BCUT2D eigenvalue weighted by molar-refractivity contribution is 14.1. The normalized spacial score (nSPS) is 12.1. The molecule has 0 amide bonds. The van der Waals surface area contributed by atoms with Gasteiger partial charge in [-0.1, -0.05) is 29.5 Å². The van der Waals surface area contributed by atoms with Crippen LogP contribution in [0.15, 0.2) is 12.1 Å². The van der Waals surface area contributed by atoms with Crippen molar-refractivity contribution in [2.24, 2.45) is 0 Å². The number of alkyl halides is 1. The SMILES string of the molecule is CC[C@H](I)c1cc(OC)c(OC)c(OC)c1. The summed E-state index contributed by atoms with van der Waals surface area (Å²) in [6.07, 6.45) is 1.07. The van der Waals surface area contributed by atoms with E-state index in [4.69, 9.17) is 14.2 Å². The molecule has 0 fully saturated rings. The summed E-state index contributed by atoms with van der Waals surface area (Å²) in [4.78, 5) is 0. The largest absolute Gasteiger partial charge is 0.493 e. The topological polar surface area (TPSA) is 27.7 Å². The molecule has 4 heteroatoms. The molecule has 0 bridgehead atoms. The minimum atomic E-state index is 0.450. The van der Waals surface area contributed by atoms with Crippen molar-refractivity contribution in [2.75, 3.05) is 21.3 Å². The first kappa shape index (κ1) is 13.4. The zero-order chi connectivity index (χ0) is 12.1. The first-order chi connectivity index (χ1) is 7.67. The summed E-state index contributed by atoms with van der Waals surface area (Å²) in [5.41, 5.74) is 1.19. The molecule has 1 atom stereocenters. The Hall–Kier alpha value is -0.650. The summed E-state index contributed by atoms with van der Waals surface area (Å²) in [7, 11) is 4.88. The van der Waals surface area contributed by atoms with Crippen LogP contribution in [0.2, 0.25) is 0 Å². The predicted molar refractivity (Wildman–Crippen MR) is 73.2 cm³/mol. The van der Waals surface area contributed by atoms with E-state index in [2.05, 4.69) is 29.5 Å². The number of ether oxygens (including phenoxy) is 3. The summed E-state index contributed by atoms with van der Waals surface area (Å²) >= 11 is 2.41. The van der Waals surface area contributed by atoms with Crippen LogP contribution in [0.3, 0.4) is 0 Å². The van der Waals surface area contributed by atoms with Gasteiger partial charge in [-0.25, -0.2) is 0 Å². The molecule has 0 radical (unpaired) electrons. The number of halogens is 1. The predicted octanol–water partition coefficient (Wildman–Crippen LogP) is 3.60. The van der Waals surface area contributed by atoms with Crippen LogP contribution in [0.25, 0.3) is 0 Å². The van der Waals surface area contributed by atoms with Gasteiger partial charge in [0.15, 0.2) is 11.5 Å². The van der Waals surface area contributed by atoms with Crippen LogP contribution in [0, 0.1) is 0 Å². The second-order valence-corrected chi connectivity index (χ2v) is 4.84. The molecule has 1 rings (SSSR count). The molecule has 1 aromatic carbocycles.